The van der Waals surface area contributed by atoms with Crippen molar-refractivity contribution in [2.45, 2.75) is 44.8 Å². The molecule has 2 N–H and O–H groups in total. The van der Waals surface area contributed by atoms with Crippen LogP contribution in [0.3, 0.4) is 0 Å². The summed E-state index contributed by atoms with van der Waals surface area (Å²) in [7, 11) is 0. The van der Waals surface area contributed by atoms with Crippen LogP contribution in [-0.2, 0) is 6.42 Å². The Morgan fingerprint density at radius 3 is 2.12 bits per heavy atom. The third-order valence-corrected chi connectivity index (χ3v) is 3.19. The average molecular weight is 226 g/mol. The summed E-state index contributed by atoms with van der Waals surface area (Å²) in [4.78, 5) is 0. The first-order chi connectivity index (χ1) is 7.51. The maximum absolute atomic E-state index is 12.7. The van der Waals surface area contributed by atoms with E-state index in [4.69, 9.17) is 0 Å². The summed E-state index contributed by atoms with van der Waals surface area (Å²) < 4.78 is 12.7. The maximum atomic E-state index is 12.7. The summed E-state index contributed by atoms with van der Waals surface area (Å²) in [5, 5.41) is 20.0. The van der Waals surface area contributed by atoms with Crippen molar-refractivity contribution in [3.8, 4) is 0 Å². The third-order valence-electron chi connectivity index (χ3n) is 3.19. The number of rotatable bonds is 5. The van der Waals surface area contributed by atoms with E-state index in [0.29, 0.717) is 19.3 Å². The number of halogens is 1. The molecular formula is C13H19FO2. The van der Waals surface area contributed by atoms with Gasteiger partial charge in [0.1, 0.15) is 5.82 Å². The SMILES string of the molecule is CCC(O)(CC)C(O)Cc1ccc(F)cc1. The highest BCUT2D eigenvalue weighted by Crippen LogP contribution is 2.22. The normalized spacial score (nSPS) is 13.8. The molecule has 0 spiro atoms. The van der Waals surface area contributed by atoms with Gasteiger partial charge in [0, 0.05) is 6.42 Å². The van der Waals surface area contributed by atoms with Crippen LogP contribution >= 0.6 is 0 Å². The molecule has 0 saturated heterocycles. The van der Waals surface area contributed by atoms with E-state index in [2.05, 4.69) is 0 Å². The molecule has 1 aromatic rings. The van der Waals surface area contributed by atoms with E-state index < -0.39 is 11.7 Å². The highest BCUT2D eigenvalue weighted by molar-refractivity contribution is 5.17. The number of hydrogen-bond donors (Lipinski definition) is 2. The lowest BCUT2D eigenvalue weighted by atomic mass is 9.87. The van der Waals surface area contributed by atoms with Crippen molar-refractivity contribution in [3.63, 3.8) is 0 Å². The molecular weight excluding hydrogens is 207 g/mol. The van der Waals surface area contributed by atoms with Gasteiger partial charge in [-0.3, -0.25) is 0 Å². The third kappa shape index (κ3) is 3.03. The van der Waals surface area contributed by atoms with Gasteiger partial charge < -0.3 is 10.2 Å². The van der Waals surface area contributed by atoms with Crippen molar-refractivity contribution in [1.29, 1.82) is 0 Å². The maximum Gasteiger partial charge on any atom is 0.123 e. The van der Waals surface area contributed by atoms with Gasteiger partial charge in [0.05, 0.1) is 11.7 Å². The summed E-state index contributed by atoms with van der Waals surface area (Å²) in [6, 6.07) is 5.98. The molecule has 3 heteroatoms. The van der Waals surface area contributed by atoms with E-state index in [0.717, 1.165) is 5.56 Å². The molecule has 90 valence electrons. The van der Waals surface area contributed by atoms with Gasteiger partial charge in [-0.1, -0.05) is 26.0 Å². The topological polar surface area (TPSA) is 40.5 Å². The Hall–Kier alpha value is -0.930. The number of aliphatic hydroxyl groups is 2. The van der Waals surface area contributed by atoms with Crippen LogP contribution in [0.4, 0.5) is 4.39 Å². The minimum atomic E-state index is -1.05. The van der Waals surface area contributed by atoms with Crippen LogP contribution in [0.25, 0.3) is 0 Å². The Morgan fingerprint density at radius 2 is 1.69 bits per heavy atom. The minimum absolute atomic E-state index is 0.292. The van der Waals surface area contributed by atoms with Gasteiger partial charge in [-0.25, -0.2) is 4.39 Å². The van der Waals surface area contributed by atoms with Crippen LogP contribution in [0.5, 0.6) is 0 Å². The zero-order valence-corrected chi connectivity index (χ0v) is 9.78. The fraction of sp³-hybridized carbons (Fsp3) is 0.538. The van der Waals surface area contributed by atoms with Gasteiger partial charge in [-0.15, -0.1) is 0 Å². The van der Waals surface area contributed by atoms with E-state index in [1.165, 1.54) is 12.1 Å². The number of aliphatic hydroxyl groups excluding tert-OH is 1. The Labute approximate surface area is 95.7 Å². The Balaban J connectivity index is 2.70. The van der Waals surface area contributed by atoms with E-state index >= 15 is 0 Å². The molecule has 0 aromatic heterocycles. The van der Waals surface area contributed by atoms with E-state index in [1.54, 1.807) is 12.1 Å². The first-order valence-electron chi connectivity index (χ1n) is 5.66. The van der Waals surface area contributed by atoms with Crippen LogP contribution in [-0.4, -0.2) is 21.9 Å². The largest absolute Gasteiger partial charge is 0.390 e. The molecule has 2 nitrogen and oxygen atoms in total. The second-order valence-electron chi connectivity index (χ2n) is 4.16. The summed E-state index contributed by atoms with van der Waals surface area (Å²) >= 11 is 0. The second kappa shape index (κ2) is 5.41. The predicted octanol–water partition coefficient (Wildman–Crippen LogP) is 2.28. The summed E-state index contributed by atoms with van der Waals surface area (Å²) in [5.74, 6) is -0.292. The second-order valence-corrected chi connectivity index (χ2v) is 4.16. The molecule has 16 heavy (non-hydrogen) atoms. The standard InChI is InChI=1S/C13H19FO2/c1-3-13(16,4-2)12(15)9-10-5-7-11(14)8-6-10/h5-8,12,15-16H,3-4,9H2,1-2H3. The van der Waals surface area contributed by atoms with Gasteiger partial charge in [0.2, 0.25) is 0 Å². The monoisotopic (exact) mass is 226 g/mol. The molecule has 0 radical (unpaired) electrons. The van der Waals surface area contributed by atoms with Crippen LogP contribution < -0.4 is 0 Å². The molecule has 0 saturated carbocycles. The van der Waals surface area contributed by atoms with Crippen LogP contribution in [0.2, 0.25) is 0 Å². The highest BCUT2D eigenvalue weighted by Gasteiger charge is 2.31. The predicted molar refractivity (Wildman–Crippen MR) is 61.6 cm³/mol. The quantitative estimate of drug-likeness (QED) is 0.808. The number of benzene rings is 1. The zero-order chi connectivity index (χ0) is 12.2. The van der Waals surface area contributed by atoms with Crippen molar-refractivity contribution in [1.82, 2.24) is 0 Å². The van der Waals surface area contributed by atoms with Crippen molar-refractivity contribution in [2.75, 3.05) is 0 Å². The zero-order valence-electron chi connectivity index (χ0n) is 9.78. The lowest BCUT2D eigenvalue weighted by Crippen LogP contribution is -2.42. The summed E-state index contributed by atoms with van der Waals surface area (Å²) in [6.07, 6.45) is 0.545. The summed E-state index contributed by atoms with van der Waals surface area (Å²) in [5.41, 5.74) is -0.219. The van der Waals surface area contributed by atoms with Crippen molar-refractivity contribution in [2.24, 2.45) is 0 Å². The lowest BCUT2D eigenvalue weighted by molar-refractivity contribution is -0.0790. The molecule has 1 aromatic carbocycles. The molecule has 1 unspecified atom stereocenters. The van der Waals surface area contributed by atoms with Crippen molar-refractivity contribution < 1.29 is 14.6 Å². The fourth-order valence-electron chi connectivity index (χ4n) is 1.75. The first-order valence-corrected chi connectivity index (χ1v) is 5.66. The number of hydrogen-bond acceptors (Lipinski definition) is 2. The van der Waals surface area contributed by atoms with Crippen molar-refractivity contribution >= 4 is 0 Å². The lowest BCUT2D eigenvalue weighted by Gasteiger charge is -2.31. The van der Waals surface area contributed by atoms with E-state index in [9.17, 15) is 14.6 Å². The molecule has 0 aliphatic carbocycles. The Morgan fingerprint density at radius 1 is 1.19 bits per heavy atom. The molecule has 1 atom stereocenters. The molecule has 0 fully saturated rings. The first kappa shape index (κ1) is 13.1. The summed E-state index contributed by atoms with van der Waals surface area (Å²) in [6.45, 7) is 3.69. The Bertz CT molecular complexity index is 317. The van der Waals surface area contributed by atoms with Gasteiger partial charge in [-0.2, -0.15) is 0 Å². The van der Waals surface area contributed by atoms with Gasteiger partial charge in [-0.05, 0) is 30.5 Å². The molecule has 0 heterocycles. The van der Waals surface area contributed by atoms with Gasteiger partial charge in [0.25, 0.3) is 0 Å². The molecule has 0 bridgehead atoms. The van der Waals surface area contributed by atoms with Crippen LogP contribution in [0, 0.1) is 5.82 Å². The van der Waals surface area contributed by atoms with E-state index in [-0.39, 0.29) is 5.82 Å². The molecule has 0 amide bonds. The van der Waals surface area contributed by atoms with Crippen LogP contribution in [0.1, 0.15) is 32.3 Å². The van der Waals surface area contributed by atoms with E-state index in [1.807, 2.05) is 13.8 Å². The smallest absolute Gasteiger partial charge is 0.123 e. The van der Waals surface area contributed by atoms with Crippen molar-refractivity contribution in [3.05, 3.63) is 35.6 Å². The molecule has 0 aliphatic rings. The minimum Gasteiger partial charge on any atom is -0.390 e. The molecule has 1 rings (SSSR count). The highest BCUT2D eigenvalue weighted by atomic mass is 19.1. The fourth-order valence-corrected chi connectivity index (χ4v) is 1.75. The van der Waals surface area contributed by atoms with Gasteiger partial charge in [0.15, 0.2) is 0 Å². The molecule has 0 aliphatic heterocycles. The van der Waals surface area contributed by atoms with Crippen LogP contribution in [0.15, 0.2) is 24.3 Å². The average Bonchev–Trinajstić information content (AvgIpc) is 2.31. The Kier molecular flexibility index (Phi) is 4.44. The van der Waals surface area contributed by atoms with Gasteiger partial charge >= 0.3 is 0 Å².